The number of nitrogens with two attached hydrogens (primary N) is 1. The van der Waals surface area contributed by atoms with Crippen LogP contribution in [0.2, 0.25) is 0 Å². The maximum Gasteiger partial charge on any atom is 0.237 e. The average Bonchev–Trinajstić information content (AvgIpc) is 2.44. The lowest BCUT2D eigenvalue weighted by atomic mass is 9.84. The molecule has 0 aromatic rings. The third-order valence-electron chi connectivity index (χ3n) is 5.20. The summed E-state index contributed by atoms with van der Waals surface area (Å²) in [7, 11) is 2.15. The highest BCUT2D eigenvalue weighted by Crippen LogP contribution is 2.27. The Bertz CT molecular complexity index is 321. The van der Waals surface area contributed by atoms with Gasteiger partial charge in [-0.25, -0.2) is 0 Å². The largest absolute Gasteiger partial charge is 0.352 e. The molecule has 1 saturated carbocycles. The molecule has 0 aromatic heterocycles. The summed E-state index contributed by atoms with van der Waals surface area (Å²) in [5, 5.41) is 3.17. The van der Waals surface area contributed by atoms with Crippen LogP contribution in [0.15, 0.2) is 0 Å². The SMILES string of the molecule is CC1CC(NC(=O)C(N)CC2CCCCC2)CCN1C.Cl. The molecule has 0 spiro atoms. The zero-order valence-electron chi connectivity index (χ0n) is 13.5. The van der Waals surface area contributed by atoms with E-state index in [0.29, 0.717) is 18.0 Å². The minimum atomic E-state index is -0.312. The summed E-state index contributed by atoms with van der Waals surface area (Å²) in [5.74, 6) is 0.734. The van der Waals surface area contributed by atoms with Crippen molar-refractivity contribution in [3.8, 4) is 0 Å². The topological polar surface area (TPSA) is 58.4 Å². The van der Waals surface area contributed by atoms with Gasteiger partial charge in [0.15, 0.2) is 0 Å². The van der Waals surface area contributed by atoms with Gasteiger partial charge in [-0.15, -0.1) is 12.4 Å². The monoisotopic (exact) mass is 317 g/mol. The maximum atomic E-state index is 12.2. The summed E-state index contributed by atoms with van der Waals surface area (Å²) >= 11 is 0. The number of likely N-dealkylation sites (tertiary alicyclic amines) is 1. The number of nitrogens with one attached hydrogen (secondary N) is 1. The molecule has 21 heavy (non-hydrogen) atoms. The van der Waals surface area contributed by atoms with Crippen LogP contribution in [-0.4, -0.2) is 42.5 Å². The first-order valence-electron chi connectivity index (χ1n) is 8.32. The van der Waals surface area contributed by atoms with E-state index in [2.05, 4.69) is 24.2 Å². The summed E-state index contributed by atoms with van der Waals surface area (Å²) in [6.07, 6.45) is 9.44. The molecule has 2 aliphatic rings. The summed E-state index contributed by atoms with van der Waals surface area (Å²) < 4.78 is 0. The Morgan fingerprint density at radius 1 is 1.29 bits per heavy atom. The molecule has 124 valence electrons. The van der Waals surface area contributed by atoms with Crippen molar-refractivity contribution in [3.63, 3.8) is 0 Å². The number of halogens is 1. The number of rotatable bonds is 4. The minimum Gasteiger partial charge on any atom is -0.352 e. The van der Waals surface area contributed by atoms with Gasteiger partial charge in [0, 0.05) is 18.6 Å². The first kappa shape index (κ1) is 18.7. The number of carbonyl (C=O) groups excluding carboxylic acids is 1. The van der Waals surface area contributed by atoms with Crippen LogP contribution < -0.4 is 11.1 Å². The summed E-state index contributed by atoms with van der Waals surface area (Å²) in [6.45, 7) is 3.28. The van der Waals surface area contributed by atoms with E-state index in [4.69, 9.17) is 5.73 Å². The van der Waals surface area contributed by atoms with Crippen molar-refractivity contribution >= 4 is 18.3 Å². The normalized spacial score (nSPS) is 29.5. The number of carbonyl (C=O) groups is 1. The Labute approximate surface area is 135 Å². The van der Waals surface area contributed by atoms with Gasteiger partial charge >= 0.3 is 0 Å². The standard InChI is InChI=1S/C16H31N3O.ClH/c1-12-10-14(8-9-19(12)2)18-16(20)15(17)11-13-6-4-3-5-7-13;/h12-15H,3-11,17H2,1-2H3,(H,18,20);1H. The molecule has 3 N–H and O–H groups in total. The van der Waals surface area contributed by atoms with Crippen molar-refractivity contribution in [1.82, 2.24) is 10.2 Å². The molecule has 2 rings (SSSR count). The molecule has 1 aliphatic heterocycles. The van der Waals surface area contributed by atoms with Crippen LogP contribution in [0.3, 0.4) is 0 Å². The molecule has 1 aliphatic carbocycles. The summed E-state index contributed by atoms with van der Waals surface area (Å²) in [6, 6.07) is 0.544. The molecular formula is C16H32ClN3O. The molecule has 2 fully saturated rings. The summed E-state index contributed by atoms with van der Waals surface area (Å²) in [4.78, 5) is 14.6. The quantitative estimate of drug-likeness (QED) is 0.836. The van der Waals surface area contributed by atoms with Crippen molar-refractivity contribution in [2.75, 3.05) is 13.6 Å². The van der Waals surface area contributed by atoms with Gasteiger partial charge in [-0.3, -0.25) is 4.79 Å². The molecule has 0 aromatic carbocycles. The lowest BCUT2D eigenvalue weighted by Crippen LogP contribution is -2.51. The van der Waals surface area contributed by atoms with Crippen molar-refractivity contribution in [2.24, 2.45) is 11.7 Å². The molecule has 0 bridgehead atoms. The molecule has 5 heteroatoms. The van der Waals surface area contributed by atoms with E-state index < -0.39 is 0 Å². The van der Waals surface area contributed by atoms with Gasteiger partial charge in [0.2, 0.25) is 5.91 Å². The van der Waals surface area contributed by atoms with Crippen molar-refractivity contribution in [3.05, 3.63) is 0 Å². The van der Waals surface area contributed by atoms with Crippen LogP contribution in [0.25, 0.3) is 0 Å². The zero-order chi connectivity index (χ0) is 14.5. The van der Waals surface area contributed by atoms with Gasteiger partial charge < -0.3 is 16.0 Å². The molecular weight excluding hydrogens is 286 g/mol. The van der Waals surface area contributed by atoms with Crippen molar-refractivity contribution in [2.45, 2.75) is 76.4 Å². The predicted octanol–water partition coefficient (Wildman–Crippen LogP) is 2.30. The third kappa shape index (κ3) is 5.76. The number of piperidine rings is 1. The minimum absolute atomic E-state index is 0. The number of hydrogen-bond donors (Lipinski definition) is 2. The van der Waals surface area contributed by atoms with Gasteiger partial charge in [-0.2, -0.15) is 0 Å². The Morgan fingerprint density at radius 3 is 2.57 bits per heavy atom. The molecule has 1 saturated heterocycles. The van der Waals surface area contributed by atoms with E-state index in [9.17, 15) is 4.79 Å². The van der Waals surface area contributed by atoms with Crippen molar-refractivity contribution < 1.29 is 4.79 Å². The van der Waals surface area contributed by atoms with Crippen molar-refractivity contribution in [1.29, 1.82) is 0 Å². The van der Waals surface area contributed by atoms with E-state index in [1.54, 1.807) is 0 Å². The molecule has 1 amide bonds. The average molecular weight is 318 g/mol. The number of amides is 1. The molecule has 3 unspecified atom stereocenters. The highest BCUT2D eigenvalue weighted by atomic mass is 35.5. The smallest absolute Gasteiger partial charge is 0.237 e. The van der Waals surface area contributed by atoms with Gasteiger partial charge in [0.1, 0.15) is 0 Å². The molecule has 1 heterocycles. The second-order valence-corrected chi connectivity index (χ2v) is 6.91. The van der Waals surface area contributed by atoms with Crippen LogP contribution in [0.1, 0.15) is 58.3 Å². The van der Waals surface area contributed by atoms with Gasteiger partial charge in [-0.05, 0) is 39.2 Å². The van der Waals surface area contributed by atoms with E-state index in [-0.39, 0.29) is 24.4 Å². The Hall–Kier alpha value is -0.320. The van der Waals surface area contributed by atoms with Crippen LogP contribution in [-0.2, 0) is 4.79 Å². The Kier molecular flexibility index (Phi) is 7.99. The Balaban J connectivity index is 0.00000220. The second kappa shape index (κ2) is 8.96. The third-order valence-corrected chi connectivity index (χ3v) is 5.20. The number of nitrogens with zero attached hydrogens (tertiary/aromatic N) is 1. The van der Waals surface area contributed by atoms with Gasteiger partial charge in [0.05, 0.1) is 6.04 Å². The van der Waals surface area contributed by atoms with Gasteiger partial charge in [-0.1, -0.05) is 32.1 Å². The fraction of sp³-hybridized carbons (Fsp3) is 0.938. The van der Waals surface area contributed by atoms with Crippen LogP contribution in [0, 0.1) is 5.92 Å². The van der Waals surface area contributed by atoms with E-state index >= 15 is 0 Å². The highest BCUT2D eigenvalue weighted by molar-refractivity contribution is 5.85. The lowest BCUT2D eigenvalue weighted by molar-refractivity contribution is -0.123. The first-order valence-corrected chi connectivity index (χ1v) is 8.32. The second-order valence-electron chi connectivity index (χ2n) is 6.91. The number of hydrogen-bond acceptors (Lipinski definition) is 3. The fourth-order valence-electron chi connectivity index (χ4n) is 3.62. The molecule has 3 atom stereocenters. The van der Waals surface area contributed by atoms with Crippen LogP contribution in [0.5, 0.6) is 0 Å². The summed E-state index contributed by atoms with van der Waals surface area (Å²) in [5.41, 5.74) is 6.10. The Morgan fingerprint density at radius 2 is 1.95 bits per heavy atom. The van der Waals surface area contributed by atoms with Crippen LogP contribution >= 0.6 is 12.4 Å². The zero-order valence-corrected chi connectivity index (χ0v) is 14.3. The van der Waals surface area contributed by atoms with Gasteiger partial charge in [0.25, 0.3) is 0 Å². The molecule has 0 radical (unpaired) electrons. The maximum absolute atomic E-state index is 12.2. The fourth-order valence-corrected chi connectivity index (χ4v) is 3.62. The predicted molar refractivity (Wildman–Crippen MR) is 89.7 cm³/mol. The van der Waals surface area contributed by atoms with E-state index in [1.807, 2.05) is 0 Å². The molecule has 4 nitrogen and oxygen atoms in total. The first-order chi connectivity index (χ1) is 9.56. The highest BCUT2D eigenvalue weighted by Gasteiger charge is 2.27. The van der Waals surface area contributed by atoms with E-state index in [1.165, 1.54) is 32.1 Å². The lowest BCUT2D eigenvalue weighted by Gasteiger charge is -2.36. The van der Waals surface area contributed by atoms with Crippen LogP contribution in [0.4, 0.5) is 0 Å². The van der Waals surface area contributed by atoms with E-state index in [0.717, 1.165) is 25.8 Å².